The molecule has 6 heteroatoms. The van der Waals surface area contributed by atoms with Crippen molar-refractivity contribution in [2.24, 2.45) is 5.92 Å². The van der Waals surface area contributed by atoms with E-state index < -0.39 is 0 Å². The summed E-state index contributed by atoms with van der Waals surface area (Å²) in [6.07, 6.45) is 2.95. The number of morpholine rings is 1. The molecule has 0 radical (unpaired) electrons. The molecule has 2 aromatic heterocycles. The lowest BCUT2D eigenvalue weighted by Crippen LogP contribution is -2.40. The monoisotopic (exact) mass is 373 g/mol. The van der Waals surface area contributed by atoms with Crippen molar-refractivity contribution in [3.05, 3.63) is 28.8 Å². The highest BCUT2D eigenvalue weighted by atomic mass is 32.1. The summed E-state index contributed by atoms with van der Waals surface area (Å²) in [5.74, 6) is 1.25. The number of hydrogen-bond donors (Lipinski definition) is 0. The second kappa shape index (κ2) is 7.62. The molecule has 1 atom stereocenters. The molecule has 0 N–H and O–H groups in total. The van der Waals surface area contributed by atoms with Crippen LogP contribution in [0.25, 0.3) is 10.2 Å². The summed E-state index contributed by atoms with van der Waals surface area (Å²) in [5, 5.41) is 1.17. The number of nitrogens with zero attached hydrogens (tertiary/aromatic N) is 3. The zero-order valence-electron chi connectivity index (χ0n) is 15.6. The van der Waals surface area contributed by atoms with Crippen LogP contribution in [0.1, 0.15) is 41.4 Å². The lowest BCUT2D eigenvalue weighted by molar-refractivity contribution is 0.0305. The van der Waals surface area contributed by atoms with Gasteiger partial charge in [-0.2, -0.15) is 0 Å². The number of likely N-dealkylation sites (tertiary alicyclic amines) is 1. The normalized spacial score (nSPS) is 21.8. The summed E-state index contributed by atoms with van der Waals surface area (Å²) in [5.41, 5.74) is 1.24. The van der Waals surface area contributed by atoms with E-state index in [9.17, 15) is 4.79 Å². The minimum absolute atomic E-state index is 0.161. The molecule has 0 unspecified atom stereocenters. The highest BCUT2D eigenvalue weighted by Gasteiger charge is 2.32. The lowest BCUT2D eigenvalue weighted by Gasteiger charge is -2.27. The van der Waals surface area contributed by atoms with Gasteiger partial charge in [0, 0.05) is 43.7 Å². The Bertz CT molecular complexity index is 782. The summed E-state index contributed by atoms with van der Waals surface area (Å²) in [6, 6.07) is 4.12. The topological polar surface area (TPSA) is 45.7 Å². The maximum absolute atomic E-state index is 13.2. The SMILES string of the molecule is CC(C)CN1CC[C@@H](c2c(C(=O)N3CCOCC3)sc3ncccc23)C1. The Morgan fingerprint density at radius 3 is 2.92 bits per heavy atom. The fraction of sp³-hybridized carbons (Fsp3) is 0.600. The van der Waals surface area contributed by atoms with Crippen molar-refractivity contribution in [3.8, 4) is 0 Å². The molecule has 5 nitrogen and oxygen atoms in total. The fourth-order valence-corrected chi connectivity index (χ4v) is 5.37. The number of amides is 1. The first kappa shape index (κ1) is 17.9. The molecule has 0 aromatic carbocycles. The third-order valence-corrected chi connectivity index (χ3v) is 6.42. The zero-order chi connectivity index (χ0) is 18.1. The van der Waals surface area contributed by atoms with Gasteiger partial charge in [0.15, 0.2) is 0 Å². The van der Waals surface area contributed by atoms with E-state index in [2.05, 4.69) is 29.8 Å². The molecule has 0 saturated carbocycles. The van der Waals surface area contributed by atoms with Gasteiger partial charge in [-0.15, -0.1) is 11.3 Å². The number of carbonyl (C=O) groups excluding carboxylic acids is 1. The van der Waals surface area contributed by atoms with Gasteiger partial charge >= 0.3 is 0 Å². The number of fused-ring (bicyclic) bond motifs is 1. The van der Waals surface area contributed by atoms with Crippen LogP contribution in [0.4, 0.5) is 0 Å². The largest absolute Gasteiger partial charge is 0.378 e. The van der Waals surface area contributed by atoms with Crippen LogP contribution in [-0.2, 0) is 4.74 Å². The van der Waals surface area contributed by atoms with Crippen LogP contribution in [-0.4, -0.2) is 66.6 Å². The standard InChI is InChI=1S/C20H27N3O2S/c1-14(2)12-22-7-5-15(13-22)17-16-4-3-6-21-19(16)26-18(17)20(24)23-8-10-25-11-9-23/h3-4,6,14-15H,5,7-13H2,1-2H3/t15-/m1/s1. The van der Waals surface area contributed by atoms with Crippen molar-refractivity contribution in [2.45, 2.75) is 26.2 Å². The summed E-state index contributed by atoms with van der Waals surface area (Å²) in [6.45, 7) is 10.5. The van der Waals surface area contributed by atoms with Crippen LogP contribution in [0.15, 0.2) is 18.3 Å². The highest BCUT2D eigenvalue weighted by molar-refractivity contribution is 7.20. The molecule has 26 heavy (non-hydrogen) atoms. The number of pyridine rings is 1. The molecule has 2 aromatic rings. The van der Waals surface area contributed by atoms with Crippen LogP contribution in [0, 0.1) is 5.92 Å². The second-order valence-electron chi connectivity index (χ2n) is 7.74. The van der Waals surface area contributed by atoms with Gasteiger partial charge in [-0.05, 0) is 30.5 Å². The first-order valence-electron chi connectivity index (χ1n) is 9.60. The quantitative estimate of drug-likeness (QED) is 0.826. The van der Waals surface area contributed by atoms with Crippen molar-refractivity contribution in [1.29, 1.82) is 0 Å². The molecule has 140 valence electrons. The number of rotatable bonds is 4. The van der Waals surface area contributed by atoms with Gasteiger partial charge < -0.3 is 14.5 Å². The number of thiophene rings is 1. The Morgan fingerprint density at radius 1 is 1.35 bits per heavy atom. The molecule has 2 aliphatic heterocycles. The average molecular weight is 374 g/mol. The molecular formula is C20H27N3O2S. The van der Waals surface area contributed by atoms with Crippen LogP contribution in [0.2, 0.25) is 0 Å². The van der Waals surface area contributed by atoms with Gasteiger partial charge in [-0.25, -0.2) is 4.98 Å². The Morgan fingerprint density at radius 2 is 2.15 bits per heavy atom. The fourth-order valence-electron chi connectivity index (χ4n) is 4.18. The number of carbonyl (C=O) groups is 1. The van der Waals surface area contributed by atoms with Gasteiger partial charge in [0.1, 0.15) is 4.83 Å². The summed E-state index contributed by atoms with van der Waals surface area (Å²) < 4.78 is 5.42. The molecule has 0 spiro atoms. The Hall–Kier alpha value is -1.50. The summed E-state index contributed by atoms with van der Waals surface area (Å²) in [7, 11) is 0. The molecule has 4 heterocycles. The van der Waals surface area contributed by atoms with Crippen molar-refractivity contribution in [3.63, 3.8) is 0 Å². The summed E-state index contributed by atoms with van der Waals surface area (Å²) >= 11 is 1.57. The summed E-state index contributed by atoms with van der Waals surface area (Å²) in [4.78, 5) is 24.2. The maximum atomic E-state index is 13.2. The van der Waals surface area contributed by atoms with Gasteiger partial charge in [-0.3, -0.25) is 4.79 Å². The van der Waals surface area contributed by atoms with Gasteiger partial charge in [0.25, 0.3) is 5.91 Å². The van der Waals surface area contributed by atoms with Gasteiger partial charge in [0.05, 0.1) is 18.1 Å². The Labute approximate surface area is 159 Å². The van der Waals surface area contributed by atoms with E-state index in [4.69, 9.17) is 4.74 Å². The van der Waals surface area contributed by atoms with Crippen molar-refractivity contribution < 1.29 is 9.53 Å². The van der Waals surface area contributed by atoms with Crippen LogP contribution >= 0.6 is 11.3 Å². The van der Waals surface area contributed by atoms with Gasteiger partial charge in [-0.1, -0.05) is 19.9 Å². The van der Waals surface area contributed by atoms with Gasteiger partial charge in [0.2, 0.25) is 0 Å². The van der Waals surface area contributed by atoms with Crippen molar-refractivity contribution in [2.75, 3.05) is 45.9 Å². The van der Waals surface area contributed by atoms with E-state index >= 15 is 0 Å². The van der Waals surface area contributed by atoms with Crippen molar-refractivity contribution >= 4 is 27.5 Å². The van der Waals surface area contributed by atoms with E-state index in [1.165, 1.54) is 10.9 Å². The first-order valence-corrected chi connectivity index (χ1v) is 10.4. The molecule has 0 aliphatic carbocycles. The smallest absolute Gasteiger partial charge is 0.264 e. The predicted molar refractivity (Wildman–Crippen MR) is 105 cm³/mol. The number of hydrogen-bond acceptors (Lipinski definition) is 5. The minimum atomic E-state index is 0.161. The maximum Gasteiger partial charge on any atom is 0.264 e. The number of aromatic nitrogens is 1. The molecular weight excluding hydrogens is 346 g/mol. The molecule has 2 saturated heterocycles. The van der Waals surface area contributed by atoms with E-state index in [1.54, 1.807) is 11.3 Å². The van der Waals surface area contributed by atoms with E-state index in [1.807, 2.05) is 17.2 Å². The lowest BCUT2D eigenvalue weighted by atomic mass is 9.95. The zero-order valence-corrected chi connectivity index (χ0v) is 16.4. The molecule has 1 amide bonds. The average Bonchev–Trinajstić information content (AvgIpc) is 3.25. The van der Waals surface area contributed by atoms with E-state index in [-0.39, 0.29) is 5.91 Å². The van der Waals surface area contributed by atoms with Crippen LogP contribution < -0.4 is 0 Å². The van der Waals surface area contributed by atoms with Crippen LogP contribution in [0.3, 0.4) is 0 Å². The third kappa shape index (κ3) is 3.50. The Balaban J connectivity index is 1.67. The minimum Gasteiger partial charge on any atom is -0.378 e. The van der Waals surface area contributed by atoms with Crippen LogP contribution in [0.5, 0.6) is 0 Å². The molecule has 2 fully saturated rings. The first-order chi connectivity index (χ1) is 12.6. The van der Waals surface area contributed by atoms with E-state index in [0.29, 0.717) is 38.1 Å². The molecule has 2 aliphatic rings. The second-order valence-corrected chi connectivity index (χ2v) is 8.74. The van der Waals surface area contributed by atoms with Crippen molar-refractivity contribution in [1.82, 2.24) is 14.8 Å². The number of ether oxygens (including phenoxy) is 1. The predicted octanol–water partition coefficient (Wildman–Crippen LogP) is 3.21. The third-order valence-electron chi connectivity index (χ3n) is 5.30. The Kier molecular flexibility index (Phi) is 5.25. The molecule has 0 bridgehead atoms. The highest BCUT2D eigenvalue weighted by Crippen LogP contribution is 2.40. The molecule has 4 rings (SSSR count). The van der Waals surface area contributed by atoms with E-state index in [0.717, 1.165) is 35.8 Å².